The fourth-order valence-electron chi connectivity index (χ4n) is 2.73. The molecule has 1 aliphatic rings. The van der Waals surface area contributed by atoms with Gasteiger partial charge < -0.3 is 58.2 Å². The van der Waals surface area contributed by atoms with Crippen LogP contribution < -0.4 is 30.2 Å². The largest absolute Gasteiger partial charge is 0.790 e. The Hall–Kier alpha value is -1.36. The van der Waals surface area contributed by atoms with Gasteiger partial charge >= 0.3 is 0 Å². The van der Waals surface area contributed by atoms with Gasteiger partial charge in [-0.2, -0.15) is 0 Å². The molecule has 0 saturated carbocycles. The predicted octanol–water partition coefficient (Wildman–Crippen LogP) is -4.79. The van der Waals surface area contributed by atoms with E-state index in [2.05, 4.69) is 28.3 Å². The van der Waals surface area contributed by atoms with E-state index in [9.17, 15) is 43.3 Å². The first kappa shape index (κ1) is 24.3. The van der Waals surface area contributed by atoms with Gasteiger partial charge in [0.05, 0.1) is 28.6 Å². The molecule has 3 heterocycles. The van der Waals surface area contributed by atoms with Gasteiger partial charge in [-0.1, -0.05) is 0 Å². The van der Waals surface area contributed by atoms with Gasteiger partial charge in [-0.05, 0) is 0 Å². The zero-order valence-corrected chi connectivity index (χ0v) is 17.4. The van der Waals surface area contributed by atoms with Crippen LogP contribution in [0.3, 0.4) is 0 Å². The molecule has 21 heteroatoms. The van der Waals surface area contributed by atoms with Crippen molar-refractivity contribution in [2.45, 2.75) is 24.5 Å². The second kappa shape index (κ2) is 8.53. The second-order valence-corrected chi connectivity index (χ2v) is 9.73. The molecule has 31 heavy (non-hydrogen) atoms. The number of nitrogen functional groups attached to an aromatic ring is 1. The number of ether oxygens (including phenoxy) is 1. The lowest BCUT2D eigenvalue weighted by Crippen LogP contribution is -2.38. The number of aromatic nitrogens is 4. The third kappa shape index (κ3) is 5.91. The molecule has 0 aromatic carbocycles. The smallest absolute Gasteiger partial charge is 0.272 e. The Labute approximate surface area is 171 Å². The van der Waals surface area contributed by atoms with E-state index < -0.39 is 54.6 Å². The van der Waals surface area contributed by atoms with E-state index in [1.54, 1.807) is 0 Å². The quantitative estimate of drug-likeness (QED) is 0.320. The lowest BCUT2D eigenvalue weighted by molar-refractivity contribution is -0.343. The standard InChI is InChI=1S/C10H16N5O13P3/c11-8-5-9(13-2-12-8)15(3-14-5)10-6(16)7(4(26-10)1-25-29(17,18)19)27-31(23,24)28-30(20,21)22/h2-4,6-7,10,16H,1H2,(H,23,24)(H2,11,12,13)(H2,17,18,19)(H2,20,21,22)/p-5/t4-,6-,7-,10-/m1/s1. The summed E-state index contributed by atoms with van der Waals surface area (Å²) in [7, 11) is -17.5. The number of hydrogen-bond donors (Lipinski definition) is 2. The minimum absolute atomic E-state index is 0.000336. The van der Waals surface area contributed by atoms with Crippen LogP contribution in [0.15, 0.2) is 12.7 Å². The van der Waals surface area contributed by atoms with Crippen LogP contribution in [0.1, 0.15) is 6.23 Å². The molecule has 18 nitrogen and oxygen atoms in total. The normalized spacial score (nSPS) is 26.9. The van der Waals surface area contributed by atoms with E-state index in [1.165, 1.54) is 0 Å². The number of hydrogen-bond acceptors (Lipinski definition) is 17. The molecule has 1 aliphatic heterocycles. The monoisotopic (exact) mass is 502 g/mol. The fourth-order valence-corrected chi connectivity index (χ4v) is 4.75. The molecule has 174 valence electrons. The number of imidazole rings is 1. The first-order valence-corrected chi connectivity index (χ1v) is 12.2. The van der Waals surface area contributed by atoms with Crippen molar-refractivity contribution < 1.29 is 61.4 Å². The average Bonchev–Trinajstić information content (AvgIpc) is 3.13. The minimum atomic E-state index is -6.07. The first-order valence-electron chi connectivity index (χ1n) is 7.83. The molecule has 1 unspecified atom stereocenters. The van der Waals surface area contributed by atoms with Crippen molar-refractivity contribution in [2.24, 2.45) is 0 Å². The van der Waals surface area contributed by atoms with Crippen molar-refractivity contribution in [3.8, 4) is 0 Å². The lowest BCUT2D eigenvalue weighted by atomic mass is 10.1. The number of aliphatic hydroxyl groups is 1. The highest BCUT2D eigenvalue weighted by Gasteiger charge is 2.48. The van der Waals surface area contributed by atoms with Crippen LogP contribution in [0.4, 0.5) is 5.82 Å². The maximum absolute atomic E-state index is 11.7. The topological polar surface area (TPSA) is 293 Å². The third-order valence-electron chi connectivity index (χ3n) is 3.82. The van der Waals surface area contributed by atoms with Crippen LogP contribution in [-0.4, -0.2) is 49.5 Å². The molecule has 1 fully saturated rings. The number of aliphatic hydroxyl groups excluding tert-OH is 1. The number of fused-ring (bicyclic) bond motifs is 1. The number of anilines is 1. The minimum Gasteiger partial charge on any atom is -0.790 e. The summed E-state index contributed by atoms with van der Waals surface area (Å²) in [6.07, 6.45) is -5.31. The molecule has 2 aromatic heterocycles. The number of nitrogens with two attached hydrogens (primary N) is 1. The molecular formula is C10H11N5O13P3-5. The maximum atomic E-state index is 11.7. The van der Waals surface area contributed by atoms with Crippen LogP contribution in [0.5, 0.6) is 0 Å². The average molecular weight is 502 g/mol. The van der Waals surface area contributed by atoms with Crippen LogP contribution in [0, 0.1) is 0 Å². The Balaban J connectivity index is 1.92. The Bertz CT molecular complexity index is 1100. The van der Waals surface area contributed by atoms with Crippen molar-refractivity contribution in [1.82, 2.24) is 19.5 Å². The molecule has 0 radical (unpaired) electrons. The van der Waals surface area contributed by atoms with E-state index >= 15 is 0 Å². The maximum Gasteiger partial charge on any atom is 0.272 e. The van der Waals surface area contributed by atoms with Crippen LogP contribution in [-0.2, 0) is 31.8 Å². The lowest BCUT2D eigenvalue weighted by Gasteiger charge is -2.37. The Morgan fingerprint density at radius 3 is 2.42 bits per heavy atom. The zero-order valence-electron chi connectivity index (χ0n) is 14.7. The summed E-state index contributed by atoms with van der Waals surface area (Å²) in [6.45, 7) is -1.14. The molecule has 0 spiro atoms. The van der Waals surface area contributed by atoms with Crippen molar-refractivity contribution >= 4 is 40.4 Å². The first-order chi connectivity index (χ1) is 14.2. The summed E-state index contributed by atoms with van der Waals surface area (Å²) in [5.41, 5.74) is 5.70. The molecule has 3 rings (SSSR count). The van der Waals surface area contributed by atoms with Gasteiger partial charge in [0.2, 0.25) is 0 Å². The molecule has 0 bridgehead atoms. The summed E-state index contributed by atoms with van der Waals surface area (Å²) in [4.78, 5) is 65.9. The highest BCUT2D eigenvalue weighted by atomic mass is 31.3. The van der Waals surface area contributed by atoms with Crippen LogP contribution >= 0.6 is 23.5 Å². The molecule has 3 N–H and O–H groups in total. The van der Waals surface area contributed by atoms with Gasteiger partial charge in [-0.15, -0.1) is 0 Å². The number of rotatable bonds is 8. The third-order valence-corrected chi connectivity index (χ3v) is 6.39. The summed E-state index contributed by atoms with van der Waals surface area (Å²) in [5.74, 6) is -0.0540. The number of nitrogens with zero attached hydrogens (tertiary/aromatic N) is 4. The van der Waals surface area contributed by atoms with Crippen molar-refractivity contribution in [3.63, 3.8) is 0 Å². The summed E-state index contributed by atoms with van der Waals surface area (Å²) < 4.78 is 51.2. The number of phosphoric ester groups is 2. The van der Waals surface area contributed by atoms with Gasteiger partial charge in [0.25, 0.3) is 7.82 Å². The number of phosphoric acid groups is 3. The van der Waals surface area contributed by atoms with E-state index in [-0.39, 0.29) is 17.0 Å². The summed E-state index contributed by atoms with van der Waals surface area (Å²) >= 11 is 0. The Morgan fingerprint density at radius 2 is 1.81 bits per heavy atom. The summed E-state index contributed by atoms with van der Waals surface area (Å²) in [5, 5.41) is 10.5. The van der Waals surface area contributed by atoms with E-state index in [0.29, 0.717) is 0 Å². The van der Waals surface area contributed by atoms with Gasteiger partial charge in [0.1, 0.15) is 30.2 Å². The second-order valence-electron chi connectivity index (χ2n) is 5.93. The van der Waals surface area contributed by atoms with Gasteiger partial charge in [0, 0.05) is 0 Å². The SMILES string of the molecule is Nc1ncnc2c1ncn2[C@@H]1O[C@H](COP(=O)([O-])[O-])[C@@H](OP(=O)([O-])OP(=O)([O-])[O-])[C@H]1O. The highest BCUT2D eigenvalue weighted by molar-refractivity contribution is 7.58. The Kier molecular flexibility index (Phi) is 6.68. The Morgan fingerprint density at radius 1 is 1.13 bits per heavy atom. The molecule has 2 aromatic rings. The zero-order chi connectivity index (χ0) is 23.2. The van der Waals surface area contributed by atoms with Gasteiger partial charge in [0.15, 0.2) is 17.7 Å². The van der Waals surface area contributed by atoms with E-state index in [1.807, 2.05) is 0 Å². The van der Waals surface area contributed by atoms with Crippen molar-refractivity contribution in [1.29, 1.82) is 0 Å². The van der Waals surface area contributed by atoms with E-state index in [0.717, 1.165) is 17.2 Å². The van der Waals surface area contributed by atoms with Gasteiger partial charge in [-0.25, -0.2) is 15.0 Å². The molecule has 0 amide bonds. The molecule has 1 saturated heterocycles. The molecular weight excluding hydrogens is 491 g/mol. The van der Waals surface area contributed by atoms with Crippen molar-refractivity contribution in [2.75, 3.05) is 12.3 Å². The fraction of sp³-hybridized carbons (Fsp3) is 0.500. The highest BCUT2D eigenvalue weighted by Crippen LogP contribution is 2.53. The predicted molar refractivity (Wildman–Crippen MR) is 84.4 cm³/mol. The molecule has 0 aliphatic carbocycles. The van der Waals surface area contributed by atoms with Crippen LogP contribution in [0.25, 0.3) is 11.2 Å². The van der Waals surface area contributed by atoms with Crippen LogP contribution in [0.2, 0.25) is 0 Å². The van der Waals surface area contributed by atoms with Gasteiger partial charge in [-0.3, -0.25) is 13.4 Å². The molecule has 5 atom stereocenters. The summed E-state index contributed by atoms with van der Waals surface area (Å²) in [6, 6.07) is 0. The van der Waals surface area contributed by atoms with Crippen molar-refractivity contribution in [3.05, 3.63) is 12.7 Å². The van der Waals surface area contributed by atoms with E-state index in [4.69, 9.17) is 10.5 Å².